The van der Waals surface area contributed by atoms with E-state index in [0.29, 0.717) is 41.0 Å². The third kappa shape index (κ3) is 2.74. The highest BCUT2D eigenvalue weighted by Crippen LogP contribution is 2.89. The summed E-state index contributed by atoms with van der Waals surface area (Å²) in [6.45, 7) is 14.2. The van der Waals surface area contributed by atoms with Gasteiger partial charge in [0.15, 0.2) is 0 Å². The molecule has 1 heterocycles. The second-order valence-electron chi connectivity index (χ2n) is 15.1. The van der Waals surface area contributed by atoms with E-state index < -0.39 is 6.10 Å². The summed E-state index contributed by atoms with van der Waals surface area (Å²) < 4.78 is 6.74. The molecule has 1 aliphatic heterocycles. The summed E-state index contributed by atoms with van der Waals surface area (Å²) >= 11 is 0. The molecule has 5 aliphatic carbocycles. The smallest absolute Gasteiger partial charge is 0.219 e. The molecule has 2 N–H and O–H groups in total. The second kappa shape index (κ2) is 7.26. The number of carbonyl (C=O) groups excluding carboxylic acids is 1. The maximum atomic E-state index is 12.2. The second-order valence-corrected chi connectivity index (χ2v) is 15.1. The van der Waals surface area contributed by atoms with Crippen LogP contribution >= 0.6 is 0 Å². The van der Waals surface area contributed by atoms with Crippen LogP contribution in [-0.2, 0) is 9.53 Å². The number of fused-ring (bicyclic) bond motifs is 4. The van der Waals surface area contributed by atoms with Gasteiger partial charge in [-0.1, -0.05) is 34.6 Å². The van der Waals surface area contributed by atoms with Crippen molar-refractivity contribution in [3.05, 3.63) is 0 Å². The number of rotatable bonds is 2. The Morgan fingerprint density at radius 1 is 1.00 bits per heavy atom. The number of aliphatic hydroxyl groups is 2. The Morgan fingerprint density at radius 2 is 1.66 bits per heavy atom. The zero-order valence-corrected chi connectivity index (χ0v) is 23.1. The zero-order valence-electron chi connectivity index (χ0n) is 23.1. The van der Waals surface area contributed by atoms with Crippen molar-refractivity contribution in [3.63, 3.8) is 0 Å². The van der Waals surface area contributed by atoms with E-state index in [1.165, 1.54) is 38.5 Å². The van der Waals surface area contributed by atoms with Gasteiger partial charge in [-0.3, -0.25) is 4.79 Å². The summed E-state index contributed by atoms with van der Waals surface area (Å²) in [5, 5.41) is 23.1. The largest absolute Gasteiger partial charge is 0.393 e. The molecule has 12 atom stereocenters. The Balaban J connectivity index is 1.33. The predicted octanol–water partition coefficient (Wildman–Crippen LogP) is 4.64. The lowest BCUT2D eigenvalue weighted by molar-refractivity contribution is -0.182. The predicted molar refractivity (Wildman–Crippen MR) is 135 cm³/mol. The van der Waals surface area contributed by atoms with Gasteiger partial charge in [0, 0.05) is 25.9 Å². The van der Waals surface area contributed by atoms with Crippen LogP contribution in [0.3, 0.4) is 0 Å². The summed E-state index contributed by atoms with van der Waals surface area (Å²) in [5.74, 6) is 2.05. The number of aliphatic hydroxyl groups excluding tert-OH is 2. The van der Waals surface area contributed by atoms with Gasteiger partial charge in [-0.2, -0.15) is 0 Å². The van der Waals surface area contributed by atoms with Crippen molar-refractivity contribution in [2.75, 3.05) is 13.6 Å². The number of nitrogens with zero attached hydrogens (tertiary/aromatic N) is 1. The van der Waals surface area contributed by atoms with Crippen LogP contribution in [-0.4, -0.2) is 59.0 Å². The van der Waals surface area contributed by atoms with Crippen LogP contribution in [0.4, 0.5) is 0 Å². The fraction of sp³-hybridized carbons (Fsp3) is 0.967. The number of ether oxygens (including phenoxy) is 1. The van der Waals surface area contributed by atoms with E-state index in [4.69, 9.17) is 4.74 Å². The van der Waals surface area contributed by atoms with E-state index in [-0.39, 0.29) is 40.5 Å². The van der Waals surface area contributed by atoms with Crippen LogP contribution in [0.25, 0.3) is 0 Å². The monoisotopic (exact) mass is 487 g/mol. The lowest BCUT2D eigenvalue weighted by Crippen LogP contribution is -2.59. The number of carbonyl (C=O) groups is 1. The van der Waals surface area contributed by atoms with Gasteiger partial charge >= 0.3 is 0 Å². The maximum Gasteiger partial charge on any atom is 0.219 e. The van der Waals surface area contributed by atoms with E-state index in [1.807, 2.05) is 7.05 Å². The molecule has 3 unspecified atom stereocenters. The first-order chi connectivity index (χ1) is 16.3. The van der Waals surface area contributed by atoms with Gasteiger partial charge in [-0.15, -0.1) is 0 Å². The first kappa shape index (κ1) is 24.7. The third-order valence-corrected chi connectivity index (χ3v) is 13.9. The van der Waals surface area contributed by atoms with Gasteiger partial charge in [0.2, 0.25) is 5.91 Å². The van der Waals surface area contributed by atoms with Crippen molar-refractivity contribution in [1.82, 2.24) is 4.90 Å². The molecule has 1 amide bonds. The highest BCUT2D eigenvalue weighted by molar-refractivity contribution is 5.72. The Bertz CT molecular complexity index is 920. The van der Waals surface area contributed by atoms with Gasteiger partial charge in [0.1, 0.15) is 0 Å². The minimum Gasteiger partial charge on any atom is -0.393 e. The SMILES string of the molecule is CC(=O)N(C)CC1C[C@@H](C)[C@H]2C(O1)[C@H](O)[C@@]1(C)C3CC[C@H]4C(C)(C)[C@@H](O)CC[C@@]45C[C@@]35CC[C@]21C. The van der Waals surface area contributed by atoms with Crippen molar-refractivity contribution < 1.29 is 19.7 Å². The van der Waals surface area contributed by atoms with Crippen molar-refractivity contribution in [3.8, 4) is 0 Å². The molecule has 6 fully saturated rings. The quantitative estimate of drug-likeness (QED) is 0.595. The number of amides is 1. The van der Waals surface area contributed by atoms with Crippen LogP contribution in [0.1, 0.15) is 92.9 Å². The lowest BCUT2D eigenvalue weighted by atomic mass is 9.41. The molecule has 0 bridgehead atoms. The number of hydrogen-bond donors (Lipinski definition) is 2. The number of hydrogen-bond acceptors (Lipinski definition) is 4. The van der Waals surface area contributed by atoms with Gasteiger partial charge in [-0.25, -0.2) is 0 Å². The van der Waals surface area contributed by atoms with E-state index in [1.54, 1.807) is 11.8 Å². The van der Waals surface area contributed by atoms with E-state index in [9.17, 15) is 15.0 Å². The van der Waals surface area contributed by atoms with Crippen LogP contribution < -0.4 is 0 Å². The van der Waals surface area contributed by atoms with Crippen LogP contribution in [0.2, 0.25) is 0 Å². The average Bonchev–Trinajstić information content (AvgIpc) is 3.41. The molecule has 5 nitrogen and oxygen atoms in total. The lowest BCUT2D eigenvalue weighted by Gasteiger charge is -2.63. The van der Waals surface area contributed by atoms with Crippen molar-refractivity contribution >= 4 is 5.91 Å². The Kier molecular flexibility index (Phi) is 5.12. The zero-order chi connectivity index (χ0) is 25.3. The van der Waals surface area contributed by atoms with E-state index in [2.05, 4.69) is 34.6 Å². The molecular weight excluding hydrogens is 438 g/mol. The van der Waals surface area contributed by atoms with Crippen molar-refractivity contribution in [1.29, 1.82) is 0 Å². The van der Waals surface area contributed by atoms with Crippen LogP contribution in [0, 0.1) is 50.7 Å². The molecule has 5 saturated carbocycles. The van der Waals surface area contributed by atoms with Gasteiger partial charge in [-0.05, 0) is 96.7 Å². The Morgan fingerprint density at radius 3 is 2.34 bits per heavy atom. The highest BCUT2D eigenvalue weighted by Gasteiger charge is 2.84. The molecule has 2 spiro atoms. The fourth-order valence-corrected chi connectivity index (χ4v) is 11.9. The molecule has 0 aromatic rings. The first-order valence-electron chi connectivity index (χ1n) is 14.5. The molecular formula is C30H49NO4. The summed E-state index contributed by atoms with van der Waals surface area (Å²) in [7, 11) is 1.85. The topological polar surface area (TPSA) is 70.0 Å². The molecule has 0 radical (unpaired) electrons. The van der Waals surface area contributed by atoms with Gasteiger partial charge in [0.25, 0.3) is 0 Å². The molecule has 6 aliphatic rings. The normalized spacial score (nSPS) is 57.7. The van der Waals surface area contributed by atoms with Gasteiger partial charge in [0.05, 0.1) is 24.4 Å². The standard InChI is InChI=1S/C30H49NO4/c1-17-14-19(15-31(7)18(2)32)35-24-23(17)27(5)12-13-30-16-29(30)11-10-22(33)26(3,4)20(29)8-9-21(30)28(27,6)25(24)34/h17,19-25,33-34H,8-16H2,1-7H3/t17-,19?,20+,21?,22+,23+,24?,25+,27-,28-,29-,30+/m1/s1. The fourth-order valence-electron chi connectivity index (χ4n) is 11.9. The molecule has 6 rings (SSSR count). The van der Waals surface area contributed by atoms with Gasteiger partial charge < -0.3 is 19.8 Å². The van der Waals surface area contributed by atoms with Crippen molar-refractivity contribution in [2.45, 2.75) is 117 Å². The first-order valence-corrected chi connectivity index (χ1v) is 14.5. The molecule has 0 aromatic carbocycles. The molecule has 1 saturated heterocycles. The van der Waals surface area contributed by atoms with Crippen molar-refractivity contribution in [2.24, 2.45) is 50.7 Å². The van der Waals surface area contributed by atoms with Crippen LogP contribution in [0.5, 0.6) is 0 Å². The summed E-state index contributed by atoms with van der Waals surface area (Å²) in [6, 6.07) is 0. The summed E-state index contributed by atoms with van der Waals surface area (Å²) in [4.78, 5) is 13.6. The summed E-state index contributed by atoms with van der Waals surface area (Å²) in [6.07, 6.45) is 8.43. The minimum atomic E-state index is -0.455. The number of likely N-dealkylation sites (N-methyl/N-ethyl adjacent to an activating group) is 1. The Hall–Kier alpha value is -0.650. The summed E-state index contributed by atoms with van der Waals surface area (Å²) in [5.41, 5.74) is 0.628. The van der Waals surface area contributed by atoms with E-state index >= 15 is 0 Å². The maximum absolute atomic E-state index is 12.2. The molecule has 0 aromatic heterocycles. The van der Waals surface area contributed by atoms with Crippen LogP contribution in [0.15, 0.2) is 0 Å². The Labute approximate surface area is 212 Å². The molecule has 5 heteroatoms. The highest BCUT2D eigenvalue weighted by atomic mass is 16.5. The van der Waals surface area contributed by atoms with E-state index in [0.717, 1.165) is 12.8 Å². The minimum absolute atomic E-state index is 0.000233. The third-order valence-electron chi connectivity index (χ3n) is 13.9. The molecule has 35 heavy (non-hydrogen) atoms. The average molecular weight is 488 g/mol. The molecule has 198 valence electrons.